The Morgan fingerprint density at radius 1 is 1.36 bits per heavy atom. The fraction of sp³-hybridized carbons (Fsp3) is 0.500. The van der Waals surface area contributed by atoms with Gasteiger partial charge in [-0.15, -0.1) is 0 Å². The molecule has 0 radical (unpaired) electrons. The van der Waals surface area contributed by atoms with Gasteiger partial charge in [-0.25, -0.2) is 4.98 Å². The summed E-state index contributed by atoms with van der Waals surface area (Å²) in [7, 11) is 0. The molecule has 0 spiro atoms. The molecule has 2 heterocycles. The second kappa shape index (κ2) is 5.70. The zero-order chi connectivity index (χ0) is 15.1. The number of benzene rings is 1. The van der Waals surface area contributed by atoms with Gasteiger partial charge in [0.15, 0.2) is 5.13 Å². The number of thiazole rings is 1. The van der Waals surface area contributed by atoms with Gasteiger partial charge in [0.05, 0.1) is 9.72 Å². The molecule has 2 fully saturated rings. The van der Waals surface area contributed by atoms with Crippen molar-refractivity contribution in [3.8, 4) is 0 Å². The van der Waals surface area contributed by atoms with Crippen LogP contribution in [0.25, 0.3) is 10.2 Å². The molecule has 1 atom stereocenters. The van der Waals surface area contributed by atoms with E-state index in [1.54, 1.807) is 11.3 Å². The van der Waals surface area contributed by atoms with E-state index in [0.29, 0.717) is 5.02 Å². The van der Waals surface area contributed by atoms with E-state index in [4.69, 9.17) is 16.6 Å². The normalized spacial score (nSPS) is 22.0. The lowest BCUT2D eigenvalue weighted by molar-refractivity contribution is -0.123. The van der Waals surface area contributed by atoms with Crippen molar-refractivity contribution in [3.05, 3.63) is 23.2 Å². The van der Waals surface area contributed by atoms with E-state index in [2.05, 4.69) is 16.3 Å². The molecule has 1 aromatic carbocycles. The SMILES string of the molecule is O=C(NC1CCCN(c2nc3c(Cl)cccc3s2)C1)C1CC1. The van der Waals surface area contributed by atoms with Crippen molar-refractivity contribution < 1.29 is 4.79 Å². The lowest BCUT2D eigenvalue weighted by atomic mass is 10.1. The van der Waals surface area contributed by atoms with Crippen molar-refractivity contribution in [2.24, 2.45) is 5.92 Å². The number of piperidine rings is 1. The lowest BCUT2D eigenvalue weighted by Crippen LogP contribution is -2.48. The van der Waals surface area contributed by atoms with Gasteiger partial charge in [-0.1, -0.05) is 29.0 Å². The van der Waals surface area contributed by atoms with E-state index in [9.17, 15) is 4.79 Å². The lowest BCUT2D eigenvalue weighted by Gasteiger charge is -2.33. The number of halogens is 1. The summed E-state index contributed by atoms with van der Waals surface area (Å²) in [4.78, 5) is 18.9. The molecule has 1 amide bonds. The molecule has 4 nitrogen and oxygen atoms in total. The number of carbonyl (C=O) groups excluding carboxylic acids is 1. The number of hydrogen-bond acceptors (Lipinski definition) is 4. The molecule has 116 valence electrons. The number of amides is 1. The Morgan fingerprint density at radius 3 is 3.00 bits per heavy atom. The van der Waals surface area contributed by atoms with Gasteiger partial charge in [-0.05, 0) is 37.8 Å². The maximum Gasteiger partial charge on any atom is 0.223 e. The first-order valence-corrected chi connectivity index (χ1v) is 9.00. The second-order valence-corrected chi connectivity index (χ2v) is 7.57. The summed E-state index contributed by atoms with van der Waals surface area (Å²) in [6.45, 7) is 1.84. The van der Waals surface area contributed by atoms with E-state index in [1.807, 2.05) is 12.1 Å². The van der Waals surface area contributed by atoms with Crippen LogP contribution in [0.4, 0.5) is 5.13 Å². The average molecular weight is 336 g/mol. The van der Waals surface area contributed by atoms with E-state index >= 15 is 0 Å². The molecule has 4 rings (SSSR count). The molecule has 22 heavy (non-hydrogen) atoms. The van der Waals surface area contributed by atoms with Crippen molar-refractivity contribution in [3.63, 3.8) is 0 Å². The van der Waals surface area contributed by atoms with Crippen LogP contribution in [0.5, 0.6) is 0 Å². The van der Waals surface area contributed by atoms with Crippen molar-refractivity contribution in [1.82, 2.24) is 10.3 Å². The van der Waals surface area contributed by atoms with Crippen LogP contribution in [0.2, 0.25) is 5.02 Å². The minimum atomic E-state index is 0.235. The minimum absolute atomic E-state index is 0.235. The van der Waals surface area contributed by atoms with Gasteiger partial charge in [0.25, 0.3) is 0 Å². The summed E-state index contributed by atoms with van der Waals surface area (Å²) in [5, 5.41) is 4.91. The number of aromatic nitrogens is 1. The van der Waals surface area contributed by atoms with Crippen LogP contribution in [0, 0.1) is 5.92 Å². The molecular formula is C16H18ClN3OS. The van der Waals surface area contributed by atoms with Crippen molar-refractivity contribution in [2.75, 3.05) is 18.0 Å². The standard InChI is InChI=1S/C16H18ClN3OS/c17-12-4-1-5-13-14(12)19-16(22-13)20-8-2-3-11(9-20)18-15(21)10-6-7-10/h1,4-5,10-11H,2-3,6-9H2,(H,18,21). The van der Waals surface area contributed by atoms with Gasteiger partial charge >= 0.3 is 0 Å². The van der Waals surface area contributed by atoms with Gasteiger partial charge in [0.1, 0.15) is 5.52 Å². The Hall–Kier alpha value is -1.33. The van der Waals surface area contributed by atoms with Crippen LogP contribution in [0.15, 0.2) is 18.2 Å². The third-order valence-corrected chi connectivity index (χ3v) is 5.73. The zero-order valence-corrected chi connectivity index (χ0v) is 13.8. The fourth-order valence-corrected chi connectivity index (χ4v) is 4.27. The third-order valence-electron chi connectivity index (χ3n) is 4.34. The van der Waals surface area contributed by atoms with Crippen molar-refractivity contribution >= 4 is 44.2 Å². The van der Waals surface area contributed by atoms with E-state index in [-0.39, 0.29) is 17.9 Å². The van der Waals surface area contributed by atoms with Gasteiger partial charge < -0.3 is 10.2 Å². The first-order valence-electron chi connectivity index (χ1n) is 7.81. The Labute approximate surface area is 138 Å². The summed E-state index contributed by atoms with van der Waals surface area (Å²) in [6.07, 6.45) is 4.25. The summed E-state index contributed by atoms with van der Waals surface area (Å²) >= 11 is 7.89. The number of nitrogens with zero attached hydrogens (tertiary/aromatic N) is 2. The molecule has 1 aliphatic carbocycles. The third kappa shape index (κ3) is 2.79. The fourth-order valence-electron chi connectivity index (χ4n) is 2.97. The molecule has 6 heteroatoms. The maximum atomic E-state index is 11.9. The molecule has 1 unspecified atom stereocenters. The molecule has 0 bridgehead atoms. The highest BCUT2D eigenvalue weighted by atomic mass is 35.5. The van der Waals surface area contributed by atoms with E-state index in [0.717, 1.165) is 54.1 Å². The molecule has 1 aliphatic heterocycles. The van der Waals surface area contributed by atoms with Gasteiger partial charge in [-0.2, -0.15) is 0 Å². The smallest absolute Gasteiger partial charge is 0.223 e. The number of para-hydroxylation sites is 1. The Balaban J connectivity index is 1.50. The van der Waals surface area contributed by atoms with Gasteiger partial charge in [0, 0.05) is 25.0 Å². The Kier molecular flexibility index (Phi) is 3.70. The number of carbonyl (C=O) groups is 1. The monoisotopic (exact) mass is 335 g/mol. The van der Waals surface area contributed by atoms with Crippen molar-refractivity contribution in [1.29, 1.82) is 0 Å². The van der Waals surface area contributed by atoms with Crippen LogP contribution in [0.1, 0.15) is 25.7 Å². The molecule has 1 saturated heterocycles. The Morgan fingerprint density at radius 2 is 2.23 bits per heavy atom. The maximum absolute atomic E-state index is 11.9. The summed E-state index contributed by atoms with van der Waals surface area (Å²) in [5.74, 6) is 0.510. The number of fused-ring (bicyclic) bond motifs is 1. The first-order chi connectivity index (χ1) is 10.7. The largest absolute Gasteiger partial charge is 0.351 e. The summed E-state index contributed by atoms with van der Waals surface area (Å²) in [6, 6.07) is 6.13. The summed E-state index contributed by atoms with van der Waals surface area (Å²) < 4.78 is 1.12. The van der Waals surface area contributed by atoms with Crippen LogP contribution >= 0.6 is 22.9 Å². The highest BCUT2D eigenvalue weighted by Gasteiger charge is 2.32. The Bertz CT molecular complexity index is 712. The van der Waals surface area contributed by atoms with E-state index < -0.39 is 0 Å². The van der Waals surface area contributed by atoms with E-state index in [1.165, 1.54) is 0 Å². The predicted molar refractivity (Wildman–Crippen MR) is 90.7 cm³/mol. The van der Waals surface area contributed by atoms with Crippen LogP contribution in [-0.2, 0) is 4.79 Å². The van der Waals surface area contributed by atoms with Gasteiger partial charge in [-0.3, -0.25) is 4.79 Å². The van der Waals surface area contributed by atoms with Crippen LogP contribution in [-0.4, -0.2) is 30.0 Å². The van der Waals surface area contributed by atoms with Crippen LogP contribution < -0.4 is 10.2 Å². The highest BCUT2D eigenvalue weighted by molar-refractivity contribution is 7.22. The first kappa shape index (κ1) is 14.3. The van der Waals surface area contributed by atoms with Crippen LogP contribution in [0.3, 0.4) is 0 Å². The molecule has 2 aromatic rings. The number of nitrogens with one attached hydrogen (secondary N) is 1. The second-order valence-electron chi connectivity index (χ2n) is 6.15. The molecule has 1 N–H and O–H groups in total. The molecule has 1 aromatic heterocycles. The van der Waals surface area contributed by atoms with Crippen molar-refractivity contribution in [2.45, 2.75) is 31.7 Å². The predicted octanol–water partition coefficient (Wildman–Crippen LogP) is 3.44. The molecule has 1 saturated carbocycles. The highest BCUT2D eigenvalue weighted by Crippen LogP contribution is 2.34. The summed E-state index contributed by atoms with van der Waals surface area (Å²) in [5.41, 5.74) is 0.883. The quantitative estimate of drug-likeness (QED) is 0.934. The average Bonchev–Trinajstić information content (AvgIpc) is 3.27. The number of anilines is 1. The molecule has 2 aliphatic rings. The topological polar surface area (TPSA) is 45.2 Å². The number of hydrogen-bond donors (Lipinski definition) is 1. The molecular weight excluding hydrogens is 318 g/mol. The number of rotatable bonds is 3. The minimum Gasteiger partial charge on any atom is -0.351 e. The zero-order valence-electron chi connectivity index (χ0n) is 12.2. The van der Waals surface area contributed by atoms with Gasteiger partial charge in [0.2, 0.25) is 5.91 Å².